The highest BCUT2D eigenvalue weighted by atomic mass is 16.5. The summed E-state index contributed by atoms with van der Waals surface area (Å²) in [5, 5.41) is 0.588. The predicted octanol–water partition coefficient (Wildman–Crippen LogP) is 1.15. The minimum absolute atomic E-state index is 0.163. The highest BCUT2D eigenvalue weighted by molar-refractivity contribution is 5.81. The number of hydrogen-bond donors (Lipinski definition) is 1. The van der Waals surface area contributed by atoms with Crippen molar-refractivity contribution in [3.05, 3.63) is 34.2 Å². The van der Waals surface area contributed by atoms with Crippen molar-refractivity contribution >= 4 is 10.9 Å². The molecule has 0 fully saturated rings. The summed E-state index contributed by atoms with van der Waals surface area (Å²) in [5.74, 6) is 0. The van der Waals surface area contributed by atoms with Crippen molar-refractivity contribution in [1.29, 1.82) is 0 Å². The molecule has 0 aliphatic carbocycles. The molecule has 0 saturated heterocycles. The van der Waals surface area contributed by atoms with Crippen molar-refractivity contribution in [3.8, 4) is 0 Å². The van der Waals surface area contributed by atoms with E-state index in [0.717, 1.165) is 11.1 Å². The molecule has 0 saturated carbocycles. The summed E-state index contributed by atoms with van der Waals surface area (Å²) in [4.78, 5) is 11.5. The van der Waals surface area contributed by atoms with Gasteiger partial charge >= 0.3 is 5.63 Å². The molecule has 0 radical (unpaired) electrons. The van der Waals surface area contributed by atoms with Crippen LogP contribution in [-0.2, 0) is 7.05 Å². The minimum Gasteiger partial charge on any atom is -0.336 e. The molecule has 0 aliphatic heterocycles. The van der Waals surface area contributed by atoms with Crippen LogP contribution in [0.3, 0.4) is 0 Å². The van der Waals surface area contributed by atoms with Crippen molar-refractivity contribution in [3.63, 3.8) is 0 Å². The molecule has 0 bridgehead atoms. The van der Waals surface area contributed by atoms with Gasteiger partial charge in [-0.3, -0.25) is 0 Å². The van der Waals surface area contributed by atoms with Crippen LogP contribution in [0.25, 0.3) is 10.9 Å². The number of aryl methyl sites for hydroxylation is 1. The van der Waals surface area contributed by atoms with E-state index in [4.69, 9.17) is 10.3 Å². The van der Waals surface area contributed by atoms with Crippen LogP contribution in [0.2, 0.25) is 0 Å². The quantitative estimate of drug-likeness (QED) is 0.737. The van der Waals surface area contributed by atoms with E-state index in [0.29, 0.717) is 5.39 Å². The lowest BCUT2D eigenvalue weighted by Gasteiger charge is -2.04. The predicted molar refractivity (Wildman–Crippen MR) is 54.1 cm³/mol. The van der Waals surface area contributed by atoms with Gasteiger partial charge in [0.25, 0.3) is 0 Å². The fraction of sp³-hybridized carbons (Fsp3) is 0.300. The SMILES string of the molecule is CC(N)c1cccc2c1c(=O)on2C. The summed E-state index contributed by atoms with van der Waals surface area (Å²) < 4.78 is 6.42. The summed E-state index contributed by atoms with van der Waals surface area (Å²) in [6.07, 6.45) is 0. The summed E-state index contributed by atoms with van der Waals surface area (Å²) in [5.41, 5.74) is 7.06. The van der Waals surface area contributed by atoms with E-state index in [1.54, 1.807) is 7.05 Å². The maximum Gasteiger partial charge on any atom is 0.365 e. The number of nitrogens with two attached hydrogens (primary N) is 1. The number of benzene rings is 1. The zero-order chi connectivity index (χ0) is 10.3. The van der Waals surface area contributed by atoms with Gasteiger partial charge in [0, 0.05) is 13.1 Å². The molecule has 2 aromatic rings. The molecule has 14 heavy (non-hydrogen) atoms. The maximum absolute atomic E-state index is 11.5. The lowest BCUT2D eigenvalue weighted by molar-refractivity contribution is 0.296. The average Bonchev–Trinajstić information content (AvgIpc) is 2.43. The number of rotatable bonds is 1. The first-order chi connectivity index (χ1) is 6.61. The van der Waals surface area contributed by atoms with Gasteiger partial charge < -0.3 is 10.3 Å². The first-order valence-corrected chi connectivity index (χ1v) is 4.46. The second kappa shape index (κ2) is 2.99. The molecule has 0 amide bonds. The molecule has 0 spiro atoms. The van der Waals surface area contributed by atoms with Crippen LogP contribution >= 0.6 is 0 Å². The van der Waals surface area contributed by atoms with E-state index in [2.05, 4.69) is 0 Å². The van der Waals surface area contributed by atoms with E-state index in [1.165, 1.54) is 4.74 Å². The molecule has 2 rings (SSSR count). The van der Waals surface area contributed by atoms with Crippen molar-refractivity contribution in [1.82, 2.24) is 4.74 Å². The van der Waals surface area contributed by atoms with E-state index in [1.807, 2.05) is 25.1 Å². The monoisotopic (exact) mass is 192 g/mol. The molecule has 4 heteroatoms. The van der Waals surface area contributed by atoms with Crippen molar-refractivity contribution in [2.24, 2.45) is 12.8 Å². The van der Waals surface area contributed by atoms with Crippen LogP contribution in [0.5, 0.6) is 0 Å². The van der Waals surface area contributed by atoms with Gasteiger partial charge in [-0.2, -0.15) is 0 Å². The number of aromatic nitrogens is 1. The molecule has 1 heterocycles. The van der Waals surface area contributed by atoms with E-state index in [9.17, 15) is 4.79 Å². The number of hydrogen-bond acceptors (Lipinski definition) is 3. The van der Waals surface area contributed by atoms with Gasteiger partial charge in [-0.15, -0.1) is 0 Å². The largest absolute Gasteiger partial charge is 0.365 e. The smallest absolute Gasteiger partial charge is 0.336 e. The second-order valence-electron chi connectivity index (χ2n) is 3.41. The Morgan fingerprint density at radius 3 is 2.86 bits per heavy atom. The van der Waals surface area contributed by atoms with Gasteiger partial charge in [0.05, 0.1) is 10.9 Å². The number of nitrogens with zero attached hydrogens (tertiary/aromatic N) is 1. The summed E-state index contributed by atoms with van der Waals surface area (Å²) in [6, 6.07) is 5.40. The third-order valence-corrected chi connectivity index (χ3v) is 2.33. The van der Waals surface area contributed by atoms with Gasteiger partial charge in [-0.05, 0) is 18.6 Å². The van der Waals surface area contributed by atoms with Gasteiger partial charge in [-0.1, -0.05) is 12.1 Å². The van der Waals surface area contributed by atoms with Gasteiger partial charge in [0.2, 0.25) is 0 Å². The van der Waals surface area contributed by atoms with Crippen LogP contribution in [0.4, 0.5) is 0 Å². The Morgan fingerprint density at radius 2 is 2.21 bits per heavy atom. The van der Waals surface area contributed by atoms with Gasteiger partial charge in [0.1, 0.15) is 0 Å². The minimum atomic E-state index is -0.324. The lowest BCUT2D eigenvalue weighted by atomic mass is 10.1. The van der Waals surface area contributed by atoms with Crippen LogP contribution in [0, 0.1) is 0 Å². The zero-order valence-corrected chi connectivity index (χ0v) is 8.15. The standard InChI is InChI=1S/C10H12N2O2/c1-6(11)7-4-3-5-8-9(7)10(13)14-12(8)2/h3-6H,11H2,1-2H3. The van der Waals surface area contributed by atoms with Crippen LogP contribution in [0.15, 0.2) is 27.5 Å². The highest BCUT2D eigenvalue weighted by Crippen LogP contribution is 2.19. The van der Waals surface area contributed by atoms with Crippen molar-refractivity contribution < 1.29 is 4.52 Å². The molecule has 1 unspecified atom stereocenters. The topological polar surface area (TPSA) is 61.2 Å². The zero-order valence-electron chi connectivity index (χ0n) is 8.15. The molecule has 2 N–H and O–H groups in total. The molecular weight excluding hydrogens is 180 g/mol. The fourth-order valence-electron chi connectivity index (χ4n) is 1.64. The van der Waals surface area contributed by atoms with Crippen LogP contribution < -0.4 is 11.4 Å². The normalized spacial score (nSPS) is 13.4. The Bertz CT molecular complexity index is 522. The molecule has 0 aliphatic rings. The molecule has 4 nitrogen and oxygen atoms in total. The first-order valence-electron chi connectivity index (χ1n) is 4.46. The first kappa shape index (κ1) is 9.02. The van der Waals surface area contributed by atoms with Crippen LogP contribution in [-0.4, -0.2) is 4.74 Å². The molecule has 74 valence electrons. The lowest BCUT2D eigenvalue weighted by Crippen LogP contribution is -2.08. The third kappa shape index (κ3) is 1.15. The Hall–Kier alpha value is -1.55. The maximum atomic E-state index is 11.5. The average molecular weight is 192 g/mol. The fourth-order valence-corrected chi connectivity index (χ4v) is 1.64. The molecule has 1 atom stereocenters. The molecule has 1 aromatic heterocycles. The Labute approximate surface area is 80.9 Å². The Kier molecular flexibility index (Phi) is 1.93. The second-order valence-corrected chi connectivity index (χ2v) is 3.41. The Balaban J connectivity index is 2.93. The molecule has 1 aromatic carbocycles. The number of fused-ring (bicyclic) bond motifs is 1. The van der Waals surface area contributed by atoms with E-state index in [-0.39, 0.29) is 11.7 Å². The van der Waals surface area contributed by atoms with Crippen molar-refractivity contribution in [2.45, 2.75) is 13.0 Å². The Morgan fingerprint density at radius 1 is 1.50 bits per heavy atom. The highest BCUT2D eigenvalue weighted by Gasteiger charge is 2.12. The summed E-state index contributed by atoms with van der Waals surface area (Å²) in [7, 11) is 1.70. The van der Waals surface area contributed by atoms with Gasteiger partial charge in [-0.25, -0.2) is 9.53 Å². The van der Waals surface area contributed by atoms with E-state index >= 15 is 0 Å². The van der Waals surface area contributed by atoms with Gasteiger partial charge in [0.15, 0.2) is 0 Å². The summed E-state index contributed by atoms with van der Waals surface area (Å²) in [6.45, 7) is 1.85. The third-order valence-electron chi connectivity index (χ3n) is 2.33. The van der Waals surface area contributed by atoms with E-state index < -0.39 is 0 Å². The van der Waals surface area contributed by atoms with Crippen LogP contribution in [0.1, 0.15) is 18.5 Å². The van der Waals surface area contributed by atoms with Crippen molar-refractivity contribution in [2.75, 3.05) is 0 Å². The molecular formula is C10H12N2O2. The summed E-state index contributed by atoms with van der Waals surface area (Å²) >= 11 is 0.